The second kappa shape index (κ2) is 8.47. The third-order valence-corrected chi connectivity index (χ3v) is 3.87. The standard InChI is InChI=1S/C21H21NO6/c1-13(2)28-21(24)17(10-14-4-9-18-19(11-14)27-12-26-18)22-20(23)15-5-7-16(25-3)8-6-15/h4-11,13H,12H2,1-3H3,(H,22,23). The summed E-state index contributed by atoms with van der Waals surface area (Å²) in [5.41, 5.74) is 1.07. The predicted molar refractivity (Wildman–Crippen MR) is 102 cm³/mol. The van der Waals surface area contributed by atoms with Gasteiger partial charge in [0.2, 0.25) is 6.79 Å². The van der Waals surface area contributed by atoms with Crippen LogP contribution in [0.25, 0.3) is 6.08 Å². The summed E-state index contributed by atoms with van der Waals surface area (Å²) in [6, 6.07) is 11.8. The van der Waals surface area contributed by atoms with Gasteiger partial charge in [-0.25, -0.2) is 4.79 Å². The van der Waals surface area contributed by atoms with Gasteiger partial charge in [0, 0.05) is 5.56 Å². The van der Waals surface area contributed by atoms with Crippen molar-refractivity contribution in [3.63, 3.8) is 0 Å². The first-order valence-electron chi connectivity index (χ1n) is 8.74. The Morgan fingerprint density at radius 1 is 1.07 bits per heavy atom. The van der Waals surface area contributed by atoms with E-state index < -0.39 is 11.9 Å². The largest absolute Gasteiger partial charge is 0.497 e. The molecule has 7 heteroatoms. The first kappa shape index (κ1) is 19.3. The minimum atomic E-state index is -0.630. The zero-order valence-electron chi connectivity index (χ0n) is 15.9. The summed E-state index contributed by atoms with van der Waals surface area (Å²) >= 11 is 0. The number of hydrogen-bond donors (Lipinski definition) is 1. The van der Waals surface area contributed by atoms with Gasteiger partial charge in [-0.1, -0.05) is 6.07 Å². The van der Waals surface area contributed by atoms with E-state index in [0.29, 0.717) is 28.4 Å². The lowest BCUT2D eigenvalue weighted by Crippen LogP contribution is -2.29. The van der Waals surface area contributed by atoms with Crippen LogP contribution in [-0.4, -0.2) is 31.9 Å². The summed E-state index contributed by atoms with van der Waals surface area (Å²) in [5.74, 6) is 0.773. The molecule has 2 aromatic rings. The lowest BCUT2D eigenvalue weighted by atomic mass is 10.1. The Balaban J connectivity index is 1.85. The number of methoxy groups -OCH3 is 1. The van der Waals surface area contributed by atoms with Crippen molar-refractivity contribution < 1.29 is 28.5 Å². The Labute approximate surface area is 162 Å². The molecule has 146 valence electrons. The minimum absolute atomic E-state index is 0.0217. The van der Waals surface area contributed by atoms with Crippen LogP contribution < -0.4 is 19.5 Å². The second-order valence-corrected chi connectivity index (χ2v) is 6.31. The van der Waals surface area contributed by atoms with Crippen LogP contribution in [0.2, 0.25) is 0 Å². The topological polar surface area (TPSA) is 83.1 Å². The zero-order chi connectivity index (χ0) is 20.1. The van der Waals surface area contributed by atoms with Gasteiger partial charge in [0.1, 0.15) is 11.4 Å². The number of nitrogens with one attached hydrogen (secondary N) is 1. The molecule has 7 nitrogen and oxygen atoms in total. The van der Waals surface area contributed by atoms with Gasteiger partial charge in [0.25, 0.3) is 5.91 Å². The Morgan fingerprint density at radius 2 is 1.79 bits per heavy atom. The summed E-state index contributed by atoms with van der Waals surface area (Å²) in [6.45, 7) is 3.63. The molecule has 1 heterocycles. The smallest absolute Gasteiger partial charge is 0.355 e. The van der Waals surface area contributed by atoms with Crippen molar-refractivity contribution in [2.45, 2.75) is 20.0 Å². The van der Waals surface area contributed by atoms with E-state index in [1.807, 2.05) is 0 Å². The van der Waals surface area contributed by atoms with Crippen molar-refractivity contribution in [3.8, 4) is 17.2 Å². The quantitative estimate of drug-likeness (QED) is 0.610. The van der Waals surface area contributed by atoms with Crippen LogP contribution >= 0.6 is 0 Å². The fourth-order valence-corrected chi connectivity index (χ4v) is 2.53. The maximum absolute atomic E-state index is 12.6. The normalized spacial score (nSPS) is 12.6. The maximum atomic E-state index is 12.6. The molecule has 0 unspecified atom stereocenters. The number of amides is 1. The summed E-state index contributed by atoms with van der Waals surface area (Å²) in [5, 5.41) is 2.63. The molecular weight excluding hydrogens is 362 g/mol. The van der Waals surface area contributed by atoms with Crippen molar-refractivity contribution in [2.75, 3.05) is 13.9 Å². The molecule has 0 aromatic heterocycles. The number of hydrogen-bond acceptors (Lipinski definition) is 6. The number of carbonyl (C=O) groups excluding carboxylic acids is 2. The number of esters is 1. The van der Waals surface area contributed by atoms with Crippen LogP contribution in [0.15, 0.2) is 48.2 Å². The molecule has 28 heavy (non-hydrogen) atoms. The highest BCUT2D eigenvalue weighted by Crippen LogP contribution is 2.33. The van der Waals surface area contributed by atoms with Crippen LogP contribution in [0.5, 0.6) is 17.2 Å². The van der Waals surface area contributed by atoms with E-state index in [0.717, 1.165) is 0 Å². The van der Waals surface area contributed by atoms with Crippen LogP contribution in [0, 0.1) is 0 Å². The Bertz CT molecular complexity index is 902. The van der Waals surface area contributed by atoms with Crippen LogP contribution in [-0.2, 0) is 9.53 Å². The maximum Gasteiger partial charge on any atom is 0.355 e. The lowest BCUT2D eigenvalue weighted by Gasteiger charge is -2.13. The Morgan fingerprint density at radius 3 is 2.46 bits per heavy atom. The number of rotatable bonds is 6. The van der Waals surface area contributed by atoms with Crippen molar-refractivity contribution in [2.24, 2.45) is 0 Å². The molecule has 0 saturated heterocycles. The highest BCUT2D eigenvalue weighted by molar-refractivity contribution is 6.03. The fraction of sp³-hybridized carbons (Fsp3) is 0.238. The highest BCUT2D eigenvalue weighted by atomic mass is 16.7. The molecule has 0 fully saturated rings. The van der Waals surface area contributed by atoms with Crippen molar-refractivity contribution in [3.05, 3.63) is 59.3 Å². The molecule has 0 bridgehead atoms. The third-order valence-electron chi connectivity index (χ3n) is 3.87. The average Bonchev–Trinajstić information content (AvgIpc) is 3.14. The lowest BCUT2D eigenvalue weighted by molar-refractivity contribution is -0.142. The van der Waals surface area contributed by atoms with Gasteiger partial charge in [-0.3, -0.25) is 4.79 Å². The monoisotopic (exact) mass is 383 g/mol. The molecule has 0 atom stereocenters. The van der Waals surface area contributed by atoms with E-state index in [1.165, 1.54) is 6.08 Å². The van der Waals surface area contributed by atoms with Crippen molar-refractivity contribution in [1.82, 2.24) is 5.32 Å². The second-order valence-electron chi connectivity index (χ2n) is 6.31. The molecule has 0 saturated carbocycles. The summed E-state index contributed by atoms with van der Waals surface area (Å²) in [6.07, 6.45) is 1.21. The summed E-state index contributed by atoms with van der Waals surface area (Å²) in [4.78, 5) is 25.1. The molecule has 1 amide bonds. The molecule has 0 radical (unpaired) electrons. The first-order chi connectivity index (χ1) is 13.5. The van der Waals surface area contributed by atoms with E-state index in [4.69, 9.17) is 18.9 Å². The molecule has 0 aliphatic carbocycles. The average molecular weight is 383 g/mol. The fourth-order valence-electron chi connectivity index (χ4n) is 2.53. The molecule has 0 spiro atoms. The summed E-state index contributed by atoms with van der Waals surface area (Å²) < 4.78 is 21.0. The first-order valence-corrected chi connectivity index (χ1v) is 8.74. The molecule has 3 rings (SSSR count). The van der Waals surface area contributed by atoms with E-state index in [-0.39, 0.29) is 18.6 Å². The van der Waals surface area contributed by atoms with Crippen LogP contribution in [0.4, 0.5) is 0 Å². The molecule has 1 N–H and O–H groups in total. The number of benzene rings is 2. The van der Waals surface area contributed by atoms with E-state index >= 15 is 0 Å². The van der Waals surface area contributed by atoms with Crippen LogP contribution in [0.1, 0.15) is 29.8 Å². The molecule has 1 aliphatic rings. The number of ether oxygens (including phenoxy) is 4. The van der Waals surface area contributed by atoms with Gasteiger partial charge in [0.05, 0.1) is 13.2 Å². The van der Waals surface area contributed by atoms with Gasteiger partial charge in [-0.2, -0.15) is 0 Å². The molecule has 1 aliphatic heterocycles. The molecule has 2 aromatic carbocycles. The predicted octanol–water partition coefficient (Wildman–Crippen LogP) is 3.15. The van der Waals surface area contributed by atoms with Gasteiger partial charge in [-0.05, 0) is 61.9 Å². The van der Waals surface area contributed by atoms with Crippen molar-refractivity contribution in [1.29, 1.82) is 0 Å². The number of fused-ring (bicyclic) bond motifs is 1. The zero-order valence-corrected chi connectivity index (χ0v) is 15.9. The van der Waals surface area contributed by atoms with Gasteiger partial charge < -0.3 is 24.3 Å². The van der Waals surface area contributed by atoms with Gasteiger partial charge in [-0.15, -0.1) is 0 Å². The SMILES string of the molecule is COc1ccc(C(=O)NC(=Cc2ccc3c(c2)OCO3)C(=O)OC(C)C)cc1. The Hall–Kier alpha value is -3.48. The van der Waals surface area contributed by atoms with E-state index in [1.54, 1.807) is 63.4 Å². The number of carbonyl (C=O) groups is 2. The van der Waals surface area contributed by atoms with E-state index in [9.17, 15) is 9.59 Å². The minimum Gasteiger partial charge on any atom is -0.497 e. The van der Waals surface area contributed by atoms with E-state index in [2.05, 4.69) is 5.32 Å². The van der Waals surface area contributed by atoms with Crippen LogP contribution in [0.3, 0.4) is 0 Å². The summed E-state index contributed by atoms with van der Waals surface area (Å²) in [7, 11) is 1.54. The van der Waals surface area contributed by atoms with Gasteiger partial charge >= 0.3 is 5.97 Å². The molecular formula is C21H21NO6. The third kappa shape index (κ3) is 4.62. The Kier molecular flexibility index (Phi) is 5.84. The van der Waals surface area contributed by atoms with Crippen molar-refractivity contribution >= 4 is 18.0 Å². The highest BCUT2D eigenvalue weighted by Gasteiger charge is 2.19. The van der Waals surface area contributed by atoms with Gasteiger partial charge in [0.15, 0.2) is 11.5 Å².